The first kappa shape index (κ1) is 24.7. The van der Waals surface area contributed by atoms with Crippen molar-refractivity contribution in [2.45, 2.75) is 65.0 Å². The lowest BCUT2D eigenvalue weighted by Crippen LogP contribution is -2.37. The summed E-state index contributed by atoms with van der Waals surface area (Å²) >= 11 is 0. The molecule has 3 atom stereocenters. The number of carbonyl (C=O) groups excluding carboxylic acids is 2. The highest BCUT2D eigenvalue weighted by Crippen LogP contribution is 2.38. The first-order valence-electron chi connectivity index (χ1n) is 12.7. The normalized spacial score (nSPS) is 18.5. The van der Waals surface area contributed by atoms with Crippen LogP contribution in [0.5, 0.6) is 0 Å². The van der Waals surface area contributed by atoms with Crippen LogP contribution in [0.3, 0.4) is 0 Å². The monoisotopic (exact) mass is 468 g/mol. The van der Waals surface area contributed by atoms with Crippen molar-refractivity contribution in [3.8, 4) is 0 Å². The molecule has 182 valence electrons. The fraction of sp³-hybridized carbons (Fsp3) is 0.355. The molecule has 2 N–H and O–H groups in total. The smallest absolute Gasteiger partial charge is 0.251 e. The molecule has 0 aliphatic heterocycles. The Labute approximate surface area is 209 Å². The number of nitrogens with one attached hydrogen (secondary N) is 2. The molecule has 4 heteroatoms. The van der Waals surface area contributed by atoms with Gasteiger partial charge < -0.3 is 10.6 Å². The quantitative estimate of drug-likeness (QED) is 0.422. The molecule has 2 amide bonds. The number of aryl methyl sites for hydroxylation is 2. The van der Waals surface area contributed by atoms with Crippen LogP contribution in [0, 0.1) is 19.8 Å². The molecule has 0 spiro atoms. The minimum Gasteiger partial charge on any atom is -0.349 e. The molecule has 1 saturated carbocycles. The maximum atomic E-state index is 13.2. The van der Waals surface area contributed by atoms with Gasteiger partial charge in [0.05, 0.1) is 6.04 Å². The summed E-state index contributed by atoms with van der Waals surface area (Å²) in [6, 6.07) is 24.3. The highest BCUT2D eigenvalue weighted by Gasteiger charge is 2.32. The molecule has 4 rings (SSSR count). The van der Waals surface area contributed by atoms with Gasteiger partial charge in [-0.05, 0) is 79.5 Å². The number of hydrogen-bond acceptors (Lipinski definition) is 2. The van der Waals surface area contributed by atoms with Crippen LogP contribution in [-0.4, -0.2) is 11.8 Å². The van der Waals surface area contributed by atoms with Crippen LogP contribution in [0.4, 0.5) is 0 Å². The number of amides is 2. The second-order valence-electron chi connectivity index (χ2n) is 9.86. The van der Waals surface area contributed by atoms with E-state index < -0.39 is 0 Å². The van der Waals surface area contributed by atoms with E-state index in [9.17, 15) is 9.59 Å². The molecule has 0 aromatic heterocycles. The molecular weight excluding hydrogens is 432 g/mol. The van der Waals surface area contributed by atoms with Crippen molar-refractivity contribution in [2.24, 2.45) is 5.92 Å². The SMILES string of the molecule is Cc1ccc(C(=O)NCc2ccc([C@@H]3CCCC[C@@H]3C(=O)N[C@@H](C)c3ccccc3)cc2)cc1C. The minimum atomic E-state index is -0.0614. The van der Waals surface area contributed by atoms with E-state index in [0.29, 0.717) is 12.1 Å². The molecular formula is C31H36N2O2. The molecule has 1 aliphatic carbocycles. The largest absolute Gasteiger partial charge is 0.349 e. The van der Waals surface area contributed by atoms with Crippen LogP contribution >= 0.6 is 0 Å². The van der Waals surface area contributed by atoms with Crippen molar-refractivity contribution in [3.05, 3.63) is 106 Å². The lowest BCUT2D eigenvalue weighted by molar-refractivity contribution is -0.127. The Hall–Kier alpha value is -3.40. The molecule has 0 heterocycles. The molecule has 0 saturated heterocycles. The van der Waals surface area contributed by atoms with Gasteiger partial charge in [-0.2, -0.15) is 0 Å². The average Bonchev–Trinajstić information content (AvgIpc) is 2.89. The van der Waals surface area contributed by atoms with Gasteiger partial charge in [0.15, 0.2) is 0 Å². The zero-order chi connectivity index (χ0) is 24.8. The highest BCUT2D eigenvalue weighted by atomic mass is 16.2. The van der Waals surface area contributed by atoms with Crippen molar-refractivity contribution < 1.29 is 9.59 Å². The van der Waals surface area contributed by atoms with Gasteiger partial charge in [0.2, 0.25) is 5.91 Å². The summed E-state index contributed by atoms with van der Waals surface area (Å²) in [6.45, 7) is 6.59. The maximum absolute atomic E-state index is 13.2. The summed E-state index contributed by atoms with van der Waals surface area (Å²) in [5.41, 5.74) is 6.38. The molecule has 3 aromatic carbocycles. The summed E-state index contributed by atoms with van der Waals surface area (Å²) in [6.07, 6.45) is 4.19. The van der Waals surface area contributed by atoms with Crippen LogP contribution in [0.2, 0.25) is 0 Å². The molecule has 1 aliphatic rings. The number of carbonyl (C=O) groups is 2. The van der Waals surface area contributed by atoms with Gasteiger partial charge in [0.1, 0.15) is 0 Å². The second-order valence-corrected chi connectivity index (χ2v) is 9.86. The van der Waals surface area contributed by atoms with E-state index in [4.69, 9.17) is 0 Å². The lowest BCUT2D eigenvalue weighted by Gasteiger charge is -2.32. The maximum Gasteiger partial charge on any atom is 0.251 e. The Morgan fingerprint density at radius 2 is 1.60 bits per heavy atom. The summed E-state index contributed by atoms with van der Waals surface area (Å²) in [5, 5.41) is 6.27. The van der Waals surface area contributed by atoms with E-state index in [-0.39, 0.29) is 29.7 Å². The van der Waals surface area contributed by atoms with Gasteiger partial charge in [0, 0.05) is 18.0 Å². The second kappa shape index (κ2) is 11.4. The number of rotatable bonds is 7. The van der Waals surface area contributed by atoms with E-state index >= 15 is 0 Å². The van der Waals surface area contributed by atoms with Gasteiger partial charge in [-0.3, -0.25) is 9.59 Å². The standard InChI is InChI=1S/C31H36N2O2/c1-21-13-16-27(19-22(21)2)30(34)32-20-24-14-17-26(18-15-24)28-11-7-8-12-29(28)31(35)33-23(3)25-9-5-4-6-10-25/h4-6,9-10,13-19,23,28-29H,7-8,11-12,20H2,1-3H3,(H,32,34)(H,33,35)/t23-,28-,29-/m0/s1. The van der Waals surface area contributed by atoms with Gasteiger partial charge in [-0.15, -0.1) is 0 Å². The fourth-order valence-corrected chi connectivity index (χ4v) is 5.04. The van der Waals surface area contributed by atoms with Crippen molar-refractivity contribution in [1.82, 2.24) is 10.6 Å². The van der Waals surface area contributed by atoms with Crippen molar-refractivity contribution in [2.75, 3.05) is 0 Å². The Bertz CT molecular complexity index is 1150. The molecule has 4 nitrogen and oxygen atoms in total. The molecule has 1 fully saturated rings. The van der Waals surface area contributed by atoms with Gasteiger partial charge >= 0.3 is 0 Å². The van der Waals surface area contributed by atoms with E-state index in [1.165, 1.54) is 11.1 Å². The first-order valence-corrected chi connectivity index (χ1v) is 12.7. The van der Waals surface area contributed by atoms with E-state index in [0.717, 1.165) is 42.4 Å². The van der Waals surface area contributed by atoms with Crippen LogP contribution in [0.25, 0.3) is 0 Å². The van der Waals surface area contributed by atoms with Crippen molar-refractivity contribution >= 4 is 11.8 Å². The molecule has 35 heavy (non-hydrogen) atoms. The predicted molar refractivity (Wildman–Crippen MR) is 141 cm³/mol. The predicted octanol–water partition coefficient (Wildman–Crippen LogP) is 6.38. The zero-order valence-corrected chi connectivity index (χ0v) is 21.0. The minimum absolute atomic E-state index is 0.00502. The summed E-state index contributed by atoms with van der Waals surface area (Å²) < 4.78 is 0. The average molecular weight is 469 g/mol. The van der Waals surface area contributed by atoms with E-state index in [1.54, 1.807) is 0 Å². The lowest BCUT2D eigenvalue weighted by atomic mass is 9.75. The Morgan fingerprint density at radius 1 is 0.886 bits per heavy atom. The summed E-state index contributed by atoms with van der Waals surface area (Å²) in [5.74, 6) is 0.306. The third-order valence-corrected chi connectivity index (χ3v) is 7.39. The van der Waals surface area contributed by atoms with Crippen LogP contribution in [0.15, 0.2) is 72.8 Å². The van der Waals surface area contributed by atoms with Gasteiger partial charge in [-0.25, -0.2) is 0 Å². The molecule has 0 radical (unpaired) electrons. The van der Waals surface area contributed by atoms with Gasteiger partial charge in [0.25, 0.3) is 5.91 Å². The van der Waals surface area contributed by atoms with Gasteiger partial charge in [-0.1, -0.05) is 73.5 Å². The third-order valence-electron chi connectivity index (χ3n) is 7.39. The van der Waals surface area contributed by atoms with Crippen LogP contribution in [-0.2, 0) is 11.3 Å². The van der Waals surface area contributed by atoms with Crippen LogP contribution < -0.4 is 10.6 Å². The fourth-order valence-electron chi connectivity index (χ4n) is 5.04. The first-order chi connectivity index (χ1) is 16.9. The summed E-state index contributed by atoms with van der Waals surface area (Å²) in [4.78, 5) is 25.8. The zero-order valence-electron chi connectivity index (χ0n) is 21.0. The van der Waals surface area contributed by atoms with Crippen molar-refractivity contribution in [1.29, 1.82) is 0 Å². The third kappa shape index (κ3) is 6.19. The Morgan fingerprint density at radius 3 is 2.31 bits per heavy atom. The molecule has 0 unspecified atom stereocenters. The van der Waals surface area contributed by atoms with Crippen LogP contribution in [0.1, 0.15) is 82.7 Å². The Kier molecular flexibility index (Phi) is 8.02. The topological polar surface area (TPSA) is 58.2 Å². The molecule has 0 bridgehead atoms. The van der Waals surface area contributed by atoms with Crippen molar-refractivity contribution in [3.63, 3.8) is 0 Å². The Balaban J connectivity index is 1.38. The van der Waals surface area contributed by atoms with E-state index in [2.05, 4.69) is 47.0 Å². The summed E-state index contributed by atoms with van der Waals surface area (Å²) in [7, 11) is 0. The number of hydrogen-bond donors (Lipinski definition) is 2. The molecule has 3 aromatic rings. The highest BCUT2D eigenvalue weighted by molar-refractivity contribution is 5.94. The number of benzene rings is 3. The van der Waals surface area contributed by atoms with E-state index in [1.807, 2.05) is 57.2 Å².